The maximum Gasteiger partial charge on any atom is 0.271 e. The van der Waals surface area contributed by atoms with E-state index < -0.39 is 4.92 Å². The molecule has 2 aliphatic carbocycles. The Labute approximate surface area is 123 Å². The van der Waals surface area contributed by atoms with E-state index in [9.17, 15) is 14.9 Å². The van der Waals surface area contributed by atoms with Gasteiger partial charge in [0.2, 0.25) is 5.91 Å². The van der Waals surface area contributed by atoms with E-state index in [0.29, 0.717) is 17.5 Å². The lowest BCUT2D eigenvalue weighted by Crippen LogP contribution is -2.15. The summed E-state index contributed by atoms with van der Waals surface area (Å²) in [6.45, 7) is 0. The van der Waals surface area contributed by atoms with Crippen molar-refractivity contribution in [3.05, 3.63) is 46.5 Å². The molecule has 3 atom stereocenters. The van der Waals surface area contributed by atoms with E-state index in [4.69, 9.17) is 0 Å². The van der Waals surface area contributed by atoms with Gasteiger partial charge in [0.15, 0.2) is 0 Å². The van der Waals surface area contributed by atoms with Gasteiger partial charge in [0.1, 0.15) is 0 Å². The number of anilines is 1. The first-order valence-corrected chi connectivity index (χ1v) is 7.37. The topological polar surface area (TPSA) is 72.2 Å². The largest absolute Gasteiger partial charge is 0.326 e. The molecule has 1 saturated carbocycles. The maximum absolute atomic E-state index is 12.3. The van der Waals surface area contributed by atoms with Crippen molar-refractivity contribution in [2.75, 3.05) is 5.32 Å². The predicted molar refractivity (Wildman–Crippen MR) is 79.8 cm³/mol. The van der Waals surface area contributed by atoms with Crippen LogP contribution in [0.2, 0.25) is 0 Å². The fourth-order valence-electron chi connectivity index (χ4n) is 3.36. The third-order valence-electron chi connectivity index (χ3n) is 4.46. The van der Waals surface area contributed by atoms with Crippen LogP contribution in [0.1, 0.15) is 25.7 Å². The molecule has 110 valence electrons. The number of hydrogen-bond donors (Lipinski definition) is 1. The van der Waals surface area contributed by atoms with Gasteiger partial charge in [-0.1, -0.05) is 18.2 Å². The Kier molecular flexibility index (Phi) is 3.73. The summed E-state index contributed by atoms with van der Waals surface area (Å²) < 4.78 is 0. The number of carbonyl (C=O) groups excluding carboxylic acids is 1. The minimum Gasteiger partial charge on any atom is -0.326 e. The van der Waals surface area contributed by atoms with E-state index in [-0.39, 0.29) is 17.5 Å². The Bertz CT molecular complexity index is 581. The van der Waals surface area contributed by atoms with Crippen LogP contribution in [-0.2, 0) is 4.79 Å². The molecule has 3 rings (SSSR count). The highest BCUT2D eigenvalue weighted by atomic mass is 16.6. The summed E-state index contributed by atoms with van der Waals surface area (Å²) in [5.74, 6) is 1.04. The number of non-ortho nitro benzene ring substituents is 1. The van der Waals surface area contributed by atoms with Crippen LogP contribution < -0.4 is 5.32 Å². The highest BCUT2D eigenvalue weighted by molar-refractivity contribution is 5.95. The molecule has 1 unspecified atom stereocenters. The molecule has 0 radical (unpaired) electrons. The molecule has 0 aromatic heterocycles. The summed E-state index contributed by atoms with van der Waals surface area (Å²) in [5, 5.41) is 13.6. The lowest BCUT2D eigenvalue weighted by molar-refractivity contribution is -0.384. The minimum atomic E-state index is -0.452. The smallest absolute Gasteiger partial charge is 0.271 e. The van der Waals surface area contributed by atoms with E-state index in [0.717, 1.165) is 25.7 Å². The Morgan fingerprint density at radius 2 is 1.86 bits per heavy atom. The predicted octanol–water partition coefficient (Wildman–Crippen LogP) is 3.53. The van der Waals surface area contributed by atoms with Crippen LogP contribution in [0.25, 0.3) is 0 Å². The second kappa shape index (κ2) is 5.68. The normalized spacial score (nSPS) is 27.1. The maximum atomic E-state index is 12.3. The summed E-state index contributed by atoms with van der Waals surface area (Å²) in [7, 11) is 0. The Morgan fingerprint density at radius 1 is 1.19 bits per heavy atom. The van der Waals surface area contributed by atoms with Gasteiger partial charge in [0.05, 0.1) is 4.92 Å². The van der Waals surface area contributed by atoms with Crippen LogP contribution in [-0.4, -0.2) is 10.8 Å². The van der Waals surface area contributed by atoms with Gasteiger partial charge in [0.25, 0.3) is 5.69 Å². The molecule has 0 spiro atoms. The van der Waals surface area contributed by atoms with Crippen LogP contribution in [0.3, 0.4) is 0 Å². The van der Waals surface area contributed by atoms with Crippen LogP contribution in [0.5, 0.6) is 0 Å². The minimum absolute atomic E-state index is 0.00110. The summed E-state index contributed by atoms with van der Waals surface area (Å²) in [4.78, 5) is 22.6. The molecular weight excluding hydrogens is 268 g/mol. The molecule has 5 nitrogen and oxygen atoms in total. The average Bonchev–Trinajstić information content (AvgIpc) is 3.10. The van der Waals surface area contributed by atoms with Crippen LogP contribution in [0.15, 0.2) is 36.4 Å². The van der Waals surface area contributed by atoms with Crippen molar-refractivity contribution in [2.45, 2.75) is 25.7 Å². The number of amides is 1. The zero-order valence-corrected chi connectivity index (χ0v) is 11.7. The van der Waals surface area contributed by atoms with E-state index in [1.165, 1.54) is 12.1 Å². The van der Waals surface area contributed by atoms with Crippen LogP contribution in [0.4, 0.5) is 11.4 Å². The number of nitrogens with one attached hydrogen (secondary N) is 1. The SMILES string of the molecule is O=C(Nc1cccc([N+](=O)[O-])c1)C1[C@H]2CCC=CCC[C@@H]12. The molecule has 2 aliphatic rings. The number of fused-ring (bicyclic) bond motifs is 1. The fourth-order valence-corrected chi connectivity index (χ4v) is 3.36. The average molecular weight is 286 g/mol. The molecular formula is C16H18N2O3. The monoisotopic (exact) mass is 286 g/mol. The molecule has 1 aromatic rings. The number of hydrogen-bond acceptors (Lipinski definition) is 3. The number of nitrogens with zero attached hydrogens (tertiary/aromatic N) is 1. The molecule has 0 bridgehead atoms. The summed E-state index contributed by atoms with van der Waals surface area (Å²) in [6, 6.07) is 6.11. The number of nitro groups is 1. The van der Waals surface area contributed by atoms with Crippen molar-refractivity contribution in [2.24, 2.45) is 17.8 Å². The van der Waals surface area contributed by atoms with Gasteiger partial charge in [0, 0.05) is 23.7 Å². The highest BCUT2D eigenvalue weighted by Gasteiger charge is 2.53. The first kappa shape index (κ1) is 13.8. The molecule has 1 aromatic carbocycles. The molecule has 1 amide bonds. The van der Waals surface area contributed by atoms with Crippen molar-refractivity contribution < 1.29 is 9.72 Å². The number of allylic oxidation sites excluding steroid dienone is 2. The first-order valence-electron chi connectivity index (χ1n) is 7.37. The van der Waals surface area contributed by atoms with Gasteiger partial charge in [-0.05, 0) is 43.6 Å². The molecule has 1 fully saturated rings. The Balaban J connectivity index is 1.65. The Morgan fingerprint density at radius 3 is 2.48 bits per heavy atom. The standard InChI is InChI=1S/C16H18N2O3/c19-16(15-13-8-3-1-2-4-9-14(13)15)17-11-6-5-7-12(10-11)18(20)21/h1-2,5-7,10,13-15H,3-4,8-9H2,(H,17,19)/t13-,14+,15?. The summed E-state index contributed by atoms with van der Waals surface area (Å²) >= 11 is 0. The van der Waals surface area contributed by atoms with Gasteiger partial charge in [-0.3, -0.25) is 14.9 Å². The fraction of sp³-hybridized carbons (Fsp3) is 0.438. The molecule has 0 aliphatic heterocycles. The lowest BCUT2D eigenvalue weighted by Gasteiger charge is -2.04. The second-order valence-electron chi connectivity index (χ2n) is 5.78. The van der Waals surface area contributed by atoms with Crippen molar-refractivity contribution >= 4 is 17.3 Å². The third-order valence-corrected chi connectivity index (χ3v) is 4.46. The molecule has 5 heteroatoms. The first-order chi connectivity index (χ1) is 10.2. The van der Waals surface area contributed by atoms with Gasteiger partial charge in [-0.15, -0.1) is 0 Å². The van der Waals surface area contributed by atoms with E-state index in [2.05, 4.69) is 17.5 Å². The Hall–Kier alpha value is -2.17. The number of rotatable bonds is 3. The number of nitro benzene ring substituents is 1. The van der Waals surface area contributed by atoms with Crippen molar-refractivity contribution in [3.8, 4) is 0 Å². The molecule has 0 heterocycles. The quantitative estimate of drug-likeness (QED) is 0.525. The van der Waals surface area contributed by atoms with Crippen LogP contribution >= 0.6 is 0 Å². The van der Waals surface area contributed by atoms with Crippen molar-refractivity contribution in [1.29, 1.82) is 0 Å². The van der Waals surface area contributed by atoms with Gasteiger partial charge >= 0.3 is 0 Å². The van der Waals surface area contributed by atoms with Gasteiger partial charge in [-0.25, -0.2) is 0 Å². The van der Waals surface area contributed by atoms with Crippen molar-refractivity contribution in [1.82, 2.24) is 0 Å². The summed E-state index contributed by atoms with van der Waals surface area (Å²) in [6.07, 6.45) is 8.61. The van der Waals surface area contributed by atoms with Gasteiger partial charge < -0.3 is 5.32 Å². The highest BCUT2D eigenvalue weighted by Crippen LogP contribution is 2.53. The lowest BCUT2D eigenvalue weighted by atomic mass is 10.1. The van der Waals surface area contributed by atoms with Crippen LogP contribution in [0, 0.1) is 27.9 Å². The van der Waals surface area contributed by atoms with E-state index >= 15 is 0 Å². The number of benzene rings is 1. The molecule has 0 saturated heterocycles. The number of carbonyl (C=O) groups is 1. The van der Waals surface area contributed by atoms with E-state index in [1.54, 1.807) is 12.1 Å². The molecule has 21 heavy (non-hydrogen) atoms. The summed E-state index contributed by atoms with van der Waals surface area (Å²) in [5.41, 5.74) is 0.505. The molecule has 1 N–H and O–H groups in total. The third kappa shape index (κ3) is 2.96. The second-order valence-corrected chi connectivity index (χ2v) is 5.78. The van der Waals surface area contributed by atoms with Gasteiger partial charge in [-0.2, -0.15) is 0 Å². The zero-order chi connectivity index (χ0) is 14.8. The van der Waals surface area contributed by atoms with Crippen molar-refractivity contribution in [3.63, 3.8) is 0 Å². The van der Waals surface area contributed by atoms with E-state index in [1.807, 2.05) is 0 Å². The zero-order valence-electron chi connectivity index (χ0n) is 11.7.